The number of nitrogens with one attached hydrogen (secondary N) is 1. The number of likely N-dealkylation sites (N-methyl/N-ethyl adjacent to an activating group) is 1. The minimum atomic E-state index is -0.611. The van der Waals surface area contributed by atoms with Crippen molar-refractivity contribution in [1.82, 2.24) is 10.2 Å². The Balaban J connectivity index is 1.99. The quantitative estimate of drug-likeness (QED) is 0.837. The Hall–Kier alpha value is -1.39. The highest BCUT2D eigenvalue weighted by atomic mass is 16.1. The normalized spacial score (nSPS) is 18.6. The van der Waals surface area contributed by atoms with E-state index in [1.807, 2.05) is 13.8 Å². The van der Waals surface area contributed by atoms with Gasteiger partial charge in [-0.1, -0.05) is 31.2 Å². The summed E-state index contributed by atoms with van der Waals surface area (Å²) in [5, 5.41) is 3.23. The van der Waals surface area contributed by atoms with Crippen molar-refractivity contribution in [3.05, 3.63) is 35.4 Å². The summed E-state index contributed by atoms with van der Waals surface area (Å²) in [6.07, 6.45) is 3.07. The molecule has 1 unspecified atom stereocenters. The zero-order valence-electron chi connectivity index (χ0n) is 13.2. The van der Waals surface area contributed by atoms with Crippen LogP contribution >= 0.6 is 0 Å². The van der Waals surface area contributed by atoms with Crippen molar-refractivity contribution < 1.29 is 4.79 Å². The summed E-state index contributed by atoms with van der Waals surface area (Å²) in [7, 11) is 0. The smallest absolute Gasteiger partial charge is 0.237 e. The number of primary amides is 1. The van der Waals surface area contributed by atoms with Gasteiger partial charge < -0.3 is 11.1 Å². The molecule has 3 N–H and O–H groups in total. The fourth-order valence-corrected chi connectivity index (χ4v) is 3.03. The van der Waals surface area contributed by atoms with Crippen LogP contribution in [-0.4, -0.2) is 36.0 Å². The number of carbonyl (C=O) groups is 1. The maximum atomic E-state index is 11.7. The minimum Gasteiger partial charge on any atom is -0.368 e. The molecule has 21 heavy (non-hydrogen) atoms. The van der Waals surface area contributed by atoms with Crippen LogP contribution in [-0.2, 0) is 17.8 Å². The summed E-state index contributed by atoms with van der Waals surface area (Å²) in [6.45, 7) is 7.60. The van der Waals surface area contributed by atoms with Gasteiger partial charge in [0.05, 0.1) is 5.54 Å². The van der Waals surface area contributed by atoms with Crippen LogP contribution in [0.25, 0.3) is 0 Å². The Bertz CT molecular complexity index is 489. The molecular weight excluding hydrogens is 262 g/mol. The number of hydrogen-bond acceptors (Lipinski definition) is 3. The molecule has 4 nitrogen and oxygen atoms in total. The largest absolute Gasteiger partial charge is 0.368 e. The first-order valence-corrected chi connectivity index (χ1v) is 7.89. The molecule has 1 heterocycles. The number of rotatable bonds is 6. The van der Waals surface area contributed by atoms with Crippen molar-refractivity contribution in [1.29, 1.82) is 0 Å². The molecule has 1 aromatic rings. The number of nitrogens with zero attached hydrogens (tertiary/aromatic N) is 1. The van der Waals surface area contributed by atoms with Crippen LogP contribution in [0.2, 0.25) is 0 Å². The van der Waals surface area contributed by atoms with E-state index in [2.05, 4.69) is 34.5 Å². The highest BCUT2D eigenvalue weighted by Crippen LogP contribution is 2.20. The Kier molecular flexibility index (Phi) is 5.37. The third-order valence-electron chi connectivity index (χ3n) is 4.47. The first-order valence-electron chi connectivity index (χ1n) is 7.89. The lowest BCUT2D eigenvalue weighted by atomic mass is 9.96. The second kappa shape index (κ2) is 7.05. The summed E-state index contributed by atoms with van der Waals surface area (Å²) in [5.74, 6) is -0.264. The molecule has 0 spiro atoms. The first kappa shape index (κ1) is 16.0. The van der Waals surface area contributed by atoms with Crippen molar-refractivity contribution >= 4 is 5.91 Å². The lowest BCUT2D eigenvalue weighted by molar-refractivity contribution is -0.124. The number of carbonyl (C=O) groups excluding carboxylic acids is 1. The zero-order valence-corrected chi connectivity index (χ0v) is 13.2. The van der Waals surface area contributed by atoms with Gasteiger partial charge in [-0.15, -0.1) is 0 Å². The third-order valence-corrected chi connectivity index (χ3v) is 4.47. The third kappa shape index (κ3) is 4.05. The van der Waals surface area contributed by atoms with Crippen molar-refractivity contribution in [2.75, 3.05) is 19.6 Å². The van der Waals surface area contributed by atoms with Gasteiger partial charge in [-0.25, -0.2) is 0 Å². The molecule has 1 atom stereocenters. The zero-order chi connectivity index (χ0) is 15.3. The van der Waals surface area contributed by atoms with Gasteiger partial charge in [0.1, 0.15) is 0 Å². The lowest BCUT2D eigenvalue weighted by Crippen LogP contribution is -2.54. The lowest BCUT2D eigenvalue weighted by Gasteiger charge is -2.30. The molecule has 4 heteroatoms. The van der Waals surface area contributed by atoms with E-state index in [4.69, 9.17) is 5.73 Å². The average Bonchev–Trinajstić information content (AvgIpc) is 2.67. The molecule has 2 rings (SSSR count). The number of fused-ring (bicyclic) bond motifs is 1. The van der Waals surface area contributed by atoms with Crippen molar-refractivity contribution in [3.8, 4) is 0 Å². The van der Waals surface area contributed by atoms with E-state index >= 15 is 0 Å². The molecule has 0 aliphatic carbocycles. The summed E-state index contributed by atoms with van der Waals surface area (Å²) in [5.41, 5.74) is 7.83. The van der Waals surface area contributed by atoms with Crippen LogP contribution in [0.3, 0.4) is 0 Å². The topological polar surface area (TPSA) is 58.4 Å². The summed E-state index contributed by atoms with van der Waals surface area (Å²) < 4.78 is 0. The van der Waals surface area contributed by atoms with Crippen molar-refractivity contribution in [2.24, 2.45) is 5.73 Å². The Morgan fingerprint density at radius 2 is 2.10 bits per heavy atom. The maximum absolute atomic E-state index is 11.7. The van der Waals surface area contributed by atoms with Crippen LogP contribution in [0.5, 0.6) is 0 Å². The van der Waals surface area contributed by atoms with E-state index in [1.165, 1.54) is 17.5 Å². The molecule has 0 saturated carbocycles. The number of amides is 1. The highest BCUT2D eigenvalue weighted by Gasteiger charge is 2.30. The standard InChI is InChI=1S/C17H27N3O/c1-3-19-17(2,16(18)21)10-12-20-11-6-9-14-7-4-5-8-15(14)13-20/h4-5,7-8,19H,3,6,9-13H2,1-2H3,(H2,18,21). The molecule has 0 aromatic heterocycles. The molecular formula is C17H27N3O. The van der Waals surface area contributed by atoms with Gasteiger partial charge in [-0.2, -0.15) is 0 Å². The molecule has 116 valence electrons. The van der Waals surface area contributed by atoms with E-state index < -0.39 is 5.54 Å². The van der Waals surface area contributed by atoms with Crippen LogP contribution in [0, 0.1) is 0 Å². The Labute approximate surface area is 127 Å². The molecule has 0 fully saturated rings. The molecule has 1 amide bonds. The second-order valence-corrected chi connectivity index (χ2v) is 6.13. The molecule has 1 aromatic carbocycles. The average molecular weight is 289 g/mol. The highest BCUT2D eigenvalue weighted by molar-refractivity contribution is 5.84. The summed E-state index contributed by atoms with van der Waals surface area (Å²) >= 11 is 0. The SMILES string of the molecule is CCNC(C)(CCN1CCCc2ccccc2C1)C(N)=O. The van der Waals surface area contributed by atoms with E-state index in [1.54, 1.807) is 0 Å². The predicted octanol–water partition coefficient (Wildman–Crippen LogP) is 1.68. The Morgan fingerprint density at radius 1 is 1.38 bits per heavy atom. The number of aryl methyl sites for hydroxylation is 1. The fourth-order valence-electron chi connectivity index (χ4n) is 3.03. The van der Waals surface area contributed by atoms with E-state index in [9.17, 15) is 4.79 Å². The maximum Gasteiger partial charge on any atom is 0.237 e. The summed E-state index contributed by atoms with van der Waals surface area (Å²) in [6, 6.07) is 8.66. The summed E-state index contributed by atoms with van der Waals surface area (Å²) in [4.78, 5) is 14.1. The van der Waals surface area contributed by atoms with E-state index in [0.717, 1.165) is 39.0 Å². The molecule has 1 aliphatic heterocycles. The number of benzene rings is 1. The predicted molar refractivity (Wildman–Crippen MR) is 85.9 cm³/mol. The van der Waals surface area contributed by atoms with Crippen LogP contribution in [0.1, 0.15) is 37.8 Å². The van der Waals surface area contributed by atoms with Gasteiger partial charge in [0.15, 0.2) is 0 Å². The number of nitrogens with two attached hydrogens (primary N) is 1. The van der Waals surface area contributed by atoms with E-state index in [-0.39, 0.29) is 5.91 Å². The molecule has 1 aliphatic rings. The second-order valence-electron chi connectivity index (χ2n) is 6.13. The van der Waals surface area contributed by atoms with Crippen LogP contribution in [0.4, 0.5) is 0 Å². The monoisotopic (exact) mass is 289 g/mol. The molecule has 0 bridgehead atoms. The molecule has 0 saturated heterocycles. The first-order chi connectivity index (χ1) is 10.0. The van der Waals surface area contributed by atoms with Gasteiger partial charge in [-0.05, 0) is 50.4 Å². The van der Waals surface area contributed by atoms with Crippen LogP contribution in [0.15, 0.2) is 24.3 Å². The van der Waals surface area contributed by atoms with Crippen molar-refractivity contribution in [3.63, 3.8) is 0 Å². The van der Waals surface area contributed by atoms with Crippen molar-refractivity contribution in [2.45, 2.75) is 45.2 Å². The van der Waals surface area contributed by atoms with Crippen LogP contribution < -0.4 is 11.1 Å². The van der Waals surface area contributed by atoms with Gasteiger partial charge in [0.25, 0.3) is 0 Å². The fraction of sp³-hybridized carbons (Fsp3) is 0.588. The Morgan fingerprint density at radius 3 is 2.76 bits per heavy atom. The van der Waals surface area contributed by atoms with Gasteiger partial charge in [0, 0.05) is 13.1 Å². The minimum absolute atomic E-state index is 0.264. The number of hydrogen-bond donors (Lipinski definition) is 2. The molecule has 0 radical (unpaired) electrons. The van der Waals surface area contributed by atoms with Gasteiger partial charge in [-0.3, -0.25) is 9.69 Å². The van der Waals surface area contributed by atoms with Gasteiger partial charge in [0.2, 0.25) is 5.91 Å². The van der Waals surface area contributed by atoms with E-state index in [0.29, 0.717) is 0 Å². The van der Waals surface area contributed by atoms with Gasteiger partial charge >= 0.3 is 0 Å².